The molecule has 0 saturated carbocycles. The SMILES string of the molecule is COC(=O)CCCCC=C(C)c1ccc(C[C@@H](C)N)cc1. The van der Waals surface area contributed by atoms with Crippen LogP contribution < -0.4 is 5.73 Å². The molecule has 1 atom stereocenters. The molecular formula is C18H27NO2. The maximum Gasteiger partial charge on any atom is 0.305 e. The minimum Gasteiger partial charge on any atom is -0.469 e. The van der Waals surface area contributed by atoms with E-state index in [0.29, 0.717) is 6.42 Å². The fourth-order valence-electron chi connectivity index (χ4n) is 2.23. The summed E-state index contributed by atoms with van der Waals surface area (Å²) in [7, 11) is 1.43. The van der Waals surface area contributed by atoms with Crippen molar-refractivity contribution in [2.75, 3.05) is 7.11 Å². The molecule has 0 aromatic heterocycles. The van der Waals surface area contributed by atoms with Crippen molar-refractivity contribution in [1.82, 2.24) is 0 Å². The maximum absolute atomic E-state index is 11.0. The Morgan fingerprint density at radius 1 is 1.29 bits per heavy atom. The zero-order chi connectivity index (χ0) is 15.7. The van der Waals surface area contributed by atoms with E-state index in [0.717, 1.165) is 25.7 Å². The predicted molar refractivity (Wildman–Crippen MR) is 87.9 cm³/mol. The van der Waals surface area contributed by atoms with Crippen LogP contribution in [0.1, 0.15) is 50.7 Å². The van der Waals surface area contributed by atoms with Gasteiger partial charge in [0.1, 0.15) is 0 Å². The molecule has 116 valence electrons. The molecule has 2 N–H and O–H groups in total. The molecule has 0 aliphatic carbocycles. The average molecular weight is 289 g/mol. The van der Waals surface area contributed by atoms with Crippen LogP contribution in [0.2, 0.25) is 0 Å². The summed E-state index contributed by atoms with van der Waals surface area (Å²) in [6, 6.07) is 8.79. The molecule has 0 aliphatic heterocycles. The van der Waals surface area contributed by atoms with Crippen LogP contribution in [0.5, 0.6) is 0 Å². The van der Waals surface area contributed by atoms with E-state index in [1.165, 1.54) is 23.8 Å². The first kappa shape index (κ1) is 17.4. The van der Waals surface area contributed by atoms with Gasteiger partial charge in [0.05, 0.1) is 7.11 Å². The fraction of sp³-hybridized carbons (Fsp3) is 0.500. The van der Waals surface area contributed by atoms with Crippen LogP contribution in [-0.4, -0.2) is 19.1 Å². The van der Waals surface area contributed by atoms with E-state index >= 15 is 0 Å². The van der Waals surface area contributed by atoms with Crippen molar-refractivity contribution in [3.8, 4) is 0 Å². The largest absolute Gasteiger partial charge is 0.469 e. The molecule has 21 heavy (non-hydrogen) atoms. The third-order valence-corrected chi connectivity index (χ3v) is 3.48. The van der Waals surface area contributed by atoms with Crippen molar-refractivity contribution in [3.05, 3.63) is 41.5 Å². The zero-order valence-electron chi connectivity index (χ0n) is 13.4. The Morgan fingerprint density at radius 3 is 2.52 bits per heavy atom. The summed E-state index contributed by atoms with van der Waals surface area (Å²) < 4.78 is 4.62. The standard InChI is InChI=1S/C18H27NO2/c1-14(7-5-4-6-8-18(20)21-3)17-11-9-16(10-12-17)13-15(2)19/h7,9-12,15H,4-6,8,13,19H2,1-3H3/t15-/m1/s1. The Bertz CT molecular complexity index is 461. The lowest BCUT2D eigenvalue weighted by Gasteiger charge is -2.07. The number of methoxy groups -OCH3 is 1. The second-order valence-corrected chi connectivity index (χ2v) is 5.59. The Balaban J connectivity index is 2.41. The smallest absolute Gasteiger partial charge is 0.305 e. The summed E-state index contributed by atoms with van der Waals surface area (Å²) in [4.78, 5) is 11.0. The van der Waals surface area contributed by atoms with Crippen LogP contribution in [0.25, 0.3) is 5.57 Å². The Labute approximate surface area is 128 Å². The second kappa shape index (κ2) is 9.35. The number of benzene rings is 1. The number of ether oxygens (including phenoxy) is 1. The number of carbonyl (C=O) groups is 1. The van der Waals surface area contributed by atoms with Crippen LogP contribution in [-0.2, 0) is 16.0 Å². The lowest BCUT2D eigenvalue weighted by Crippen LogP contribution is -2.17. The van der Waals surface area contributed by atoms with Crippen molar-refractivity contribution in [3.63, 3.8) is 0 Å². The predicted octanol–water partition coefficient (Wildman–Crippen LogP) is 3.71. The van der Waals surface area contributed by atoms with Crippen LogP contribution in [0.15, 0.2) is 30.3 Å². The summed E-state index contributed by atoms with van der Waals surface area (Å²) in [6.45, 7) is 4.15. The summed E-state index contributed by atoms with van der Waals surface area (Å²) in [5, 5.41) is 0. The van der Waals surface area contributed by atoms with Crippen molar-refractivity contribution in [2.45, 2.75) is 52.0 Å². The van der Waals surface area contributed by atoms with Crippen molar-refractivity contribution in [2.24, 2.45) is 5.73 Å². The van der Waals surface area contributed by atoms with Crippen molar-refractivity contribution >= 4 is 11.5 Å². The molecule has 0 fully saturated rings. The molecule has 0 spiro atoms. The van der Waals surface area contributed by atoms with Gasteiger partial charge in [-0.1, -0.05) is 30.3 Å². The van der Waals surface area contributed by atoms with Gasteiger partial charge in [0.25, 0.3) is 0 Å². The first-order valence-electron chi connectivity index (χ1n) is 7.61. The number of carbonyl (C=O) groups excluding carboxylic acids is 1. The van der Waals surface area contributed by atoms with E-state index in [-0.39, 0.29) is 12.0 Å². The topological polar surface area (TPSA) is 52.3 Å². The van der Waals surface area contributed by atoms with Gasteiger partial charge >= 0.3 is 5.97 Å². The van der Waals surface area contributed by atoms with Crippen molar-refractivity contribution < 1.29 is 9.53 Å². The van der Waals surface area contributed by atoms with Gasteiger partial charge in [0.15, 0.2) is 0 Å². The molecule has 0 amide bonds. The van der Waals surface area contributed by atoms with E-state index in [9.17, 15) is 4.79 Å². The quantitative estimate of drug-likeness (QED) is 0.586. The molecule has 3 nitrogen and oxygen atoms in total. The highest BCUT2D eigenvalue weighted by atomic mass is 16.5. The van der Waals surface area contributed by atoms with Gasteiger partial charge < -0.3 is 10.5 Å². The molecule has 0 bridgehead atoms. The van der Waals surface area contributed by atoms with Gasteiger partial charge in [-0.05, 0) is 56.2 Å². The van der Waals surface area contributed by atoms with E-state index in [4.69, 9.17) is 5.73 Å². The number of hydrogen-bond donors (Lipinski definition) is 1. The minimum atomic E-state index is -0.125. The van der Waals surface area contributed by atoms with Gasteiger partial charge in [-0.2, -0.15) is 0 Å². The number of unbranched alkanes of at least 4 members (excludes halogenated alkanes) is 2. The summed E-state index contributed by atoms with van der Waals surface area (Å²) in [5.74, 6) is -0.125. The molecule has 3 heteroatoms. The van der Waals surface area contributed by atoms with E-state index in [1.54, 1.807) is 0 Å². The van der Waals surface area contributed by atoms with Crippen molar-refractivity contribution in [1.29, 1.82) is 0 Å². The highest BCUT2D eigenvalue weighted by molar-refractivity contribution is 5.69. The summed E-state index contributed by atoms with van der Waals surface area (Å²) in [6.07, 6.45) is 6.53. The van der Waals surface area contributed by atoms with Gasteiger partial charge in [-0.25, -0.2) is 0 Å². The Morgan fingerprint density at radius 2 is 1.95 bits per heavy atom. The molecule has 0 radical (unpaired) electrons. The van der Waals surface area contributed by atoms with Crippen LogP contribution in [0.4, 0.5) is 0 Å². The van der Waals surface area contributed by atoms with Gasteiger partial charge in [-0.3, -0.25) is 4.79 Å². The number of nitrogens with two attached hydrogens (primary N) is 1. The van der Waals surface area contributed by atoms with E-state index < -0.39 is 0 Å². The van der Waals surface area contributed by atoms with E-state index in [1.807, 2.05) is 6.92 Å². The normalized spacial score (nSPS) is 13.0. The lowest BCUT2D eigenvalue weighted by atomic mass is 10.0. The monoisotopic (exact) mass is 289 g/mol. The molecule has 0 unspecified atom stereocenters. The second-order valence-electron chi connectivity index (χ2n) is 5.59. The average Bonchev–Trinajstić information content (AvgIpc) is 2.46. The molecular weight excluding hydrogens is 262 g/mol. The summed E-state index contributed by atoms with van der Waals surface area (Å²) >= 11 is 0. The molecule has 1 aromatic carbocycles. The minimum absolute atomic E-state index is 0.125. The lowest BCUT2D eigenvalue weighted by molar-refractivity contribution is -0.140. The summed E-state index contributed by atoms with van der Waals surface area (Å²) in [5.41, 5.74) is 9.61. The first-order valence-corrected chi connectivity index (χ1v) is 7.61. The number of rotatable bonds is 8. The zero-order valence-corrected chi connectivity index (χ0v) is 13.4. The Hall–Kier alpha value is -1.61. The number of allylic oxidation sites excluding steroid dienone is 2. The highest BCUT2D eigenvalue weighted by Crippen LogP contribution is 2.17. The first-order chi connectivity index (χ1) is 10.0. The fourth-order valence-corrected chi connectivity index (χ4v) is 2.23. The highest BCUT2D eigenvalue weighted by Gasteiger charge is 2.01. The Kier molecular flexibility index (Phi) is 7.76. The van der Waals surface area contributed by atoms with Crippen LogP contribution >= 0.6 is 0 Å². The van der Waals surface area contributed by atoms with E-state index in [2.05, 4.69) is 42.0 Å². The van der Waals surface area contributed by atoms with Gasteiger partial charge in [0.2, 0.25) is 0 Å². The van der Waals surface area contributed by atoms with Gasteiger partial charge in [-0.15, -0.1) is 0 Å². The third-order valence-electron chi connectivity index (χ3n) is 3.48. The maximum atomic E-state index is 11.0. The number of esters is 1. The number of hydrogen-bond acceptors (Lipinski definition) is 3. The van der Waals surface area contributed by atoms with Crippen LogP contribution in [0, 0.1) is 0 Å². The molecule has 0 aliphatic rings. The van der Waals surface area contributed by atoms with Gasteiger partial charge in [0, 0.05) is 12.5 Å². The molecule has 1 rings (SSSR count). The third kappa shape index (κ3) is 7.09. The molecule has 0 saturated heterocycles. The van der Waals surface area contributed by atoms with Crippen LogP contribution in [0.3, 0.4) is 0 Å². The molecule has 0 heterocycles. The molecule has 1 aromatic rings.